The highest BCUT2D eigenvalue weighted by Gasteiger charge is 2.17. The Bertz CT molecular complexity index is 692. The van der Waals surface area contributed by atoms with Crippen molar-refractivity contribution in [1.29, 1.82) is 0 Å². The molecular weight excluding hydrogens is 336 g/mol. The molecule has 4 nitrogen and oxygen atoms in total. The zero-order valence-electron chi connectivity index (χ0n) is 9.86. The molecule has 0 aromatic heterocycles. The molecule has 0 radical (unpaired) electrons. The molecule has 0 saturated heterocycles. The Morgan fingerprint density at radius 2 is 1.90 bits per heavy atom. The Kier molecular flexibility index (Phi) is 3.89. The molecule has 0 amide bonds. The van der Waals surface area contributed by atoms with Crippen molar-refractivity contribution in [2.45, 2.75) is 0 Å². The third-order valence-electron chi connectivity index (χ3n) is 2.42. The zero-order chi connectivity index (χ0) is 14.9. The third kappa shape index (κ3) is 2.88. The minimum Gasteiger partial charge on any atom is -0.478 e. The lowest BCUT2D eigenvalue weighted by atomic mass is 10.2. The van der Waals surface area contributed by atoms with E-state index in [9.17, 15) is 13.6 Å². The Morgan fingerprint density at radius 1 is 1.20 bits per heavy atom. The van der Waals surface area contributed by atoms with Crippen molar-refractivity contribution in [3.63, 3.8) is 0 Å². The van der Waals surface area contributed by atoms with Crippen molar-refractivity contribution in [2.75, 3.05) is 5.73 Å². The van der Waals surface area contributed by atoms with E-state index < -0.39 is 23.4 Å². The molecule has 7 heteroatoms. The van der Waals surface area contributed by atoms with Crippen LogP contribution in [0.4, 0.5) is 14.5 Å². The minimum atomic E-state index is -1.27. The lowest BCUT2D eigenvalue weighted by molar-refractivity contribution is 0.0694. The summed E-state index contributed by atoms with van der Waals surface area (Å²) in [6.45, 7) is 0. The number of hydrogen-bond acceptors (Lipinski definition) is 3. The minimum absolute atomic E-state index is 0.172. The van der Waals surface area contributed by atoms with Gasteiger partial charge < -0.3 is 15.6 Å². The first kappa shape index (κ1) is 14.3. The Balaban J connectivity index is 2.50. The van der Waals surface area contributed by atoms with Gasteiger partial charge in [0.2, 0.25) is 5.82 Å². The number of nitrogens with two attached hydrogens (primary N) is 1. The van der Waals surface area contributed by atoms with E-state index >= 15 is 0 Å². The first-order valence-electron chi connectivity index (χ1n) is 5.33. The molecule has 3 N–H and O–H groups in total. The molecule has 20 heavy (non-hydrogen) atoms. The lowest BCUT2D eigenvalue weighted by Gasteiger charge is -2.11. The fraction of sp³-hybridized carbons (Fsp3) is 0. The Morgan fingerprint density at radius 3 is 2.55 bits per heavy atom. The quantitative estimate of drug-likeness (QED) is 0.656. The largest absolute Gasteiger partial charge is 0.478 e. The van der Waals surface area contributed by atoms with Gasteiger partial charge in [-0.15, -0.1) is 0 Å². The fourth-order valence-electron chi connectivity index (χ4n) is 1.53. The number of carboxylic acid groups (broad SMARTS) is 1. The van der Waals surface area contributed by atoms with E-state index in [0.29, 0.717) is 0 Å². The highest BCUT2D eigenvalue weighted by atomic mass is 79.9. The maximum atomic E-state index is 13.6. The Labute approximate surface area is 120 Å². The van der Waals surface area contributed by atoms with Crippen LogP contribution in [0.2, 0.25) is 0 Å². The van der Waals surface area contributed by atoms with Crippen LogP contribution in [0.3, 0.4) is 0 Å². The summed E-state index contributed by atoms with van der Waals surface area (Å²) in [7, 11) is 0. The lowest BCUT2D eigenvalue weighted by Crippen LogP contribution is -2.02. The molecule has 0 unspecified atom stereocenters. The van der Waals surface area contributed by atoms with Gasteiger partial charge in [-0.1, -0.05) is 15.9 Å². The number of aromatic carboxylic acids is 1. The highest BCUT2D eigenvalue weighted by molar-refractivity contribution is 9.10. The molecular formula is C13H8BrF2NO3. The molecule has 104 valence electrons. The number of carbonyl (C=O) groups is 1. The molecule has 0 aliphatic heterocycles. The second kappa shape index (κ2) is 5.46. The summed E-state index contributed by atoms with van der Waals surface area (Å²) in [6.07, 6.45) is 0. The van der Waals surface area contributed by atoms with Crippen LogP contribution in [0.5, 0.6) is 11.5 Å². The number of hydrogen-bond donors (Lipinski definition) is 2. The average molecular weight is 344 g/mol. The molecule has 0 aliphatic carbocycles. The Hall–Kier alpha value is -2.15. The van der Waals surface area contributed by atoms with Crippen molar-refractivity contribution in [3.05, 3.63) is 52.0 Å². The first-order valence-corrected chi connectivity index (χ1v) is 6.13. The van der Waals surface area contributed by atoms with Crippen LogP contribution in [0.1, 0.15) is 10.4 Å². The molecule has 0 atom stereocenters. The molecule has 0 bridgehead atoms. The van der Waals surface area contributed by atoms with Crippen LogP contribution < -0.4 is 10.5 Å². The summed E-state index contributed by atoms with van der Waals surface area (Å²) >= 11 is 2.99. The summed E-state index contributed by atoms with van der Waals surface area (Å²) in [5, 5.41) is 9.02. The van der Waals surface area contributed by atoms with E-state index in [1.807, 2.05) is 0 Å². The average Bonchev–Trinajstić information content (AvgIpc) is 2.35. The van der Waals surface area contributed by atoms with Crippen molar-refractivity contribution in [1.82, 2.24) is 0 Å². The normalized spacial score (nSPS) is 10.3. The highest BCUT2D eigenvalue weighted by Crippen LogP contribution is 2.32. The van der Waals surface area contributed by atoms with Crippen LogP contribution >= 0.6 is 15.9 Å². The van der Waals surface area contributed by atoms with E-state index in [1.54, 1.807) is 0 Å². The molecule has 0 saturated carbocycles. The van der Waals surface area contributed by atoms with Gasteiger partial charge in [0.1, 0.15) is 11.3 Å². The van der Waals surface area contributed by atoms with Gasteiger partial charge in [-0.25, -0.2) is 9.18 Å². The molecule has 0 spiro atoms. The summed E-state index contributed by atoms with van der Waals surface area (Å²) in [5.41, 5.74) is 5.56. The van der Waals surface area contributed by atoms with E-state index in [2.05, 4.69) is 15.9 Å². The van der Waals surface area contributed by atoms with Crippen molar-refractivity contribution >= 4 is 27.6 Å². The van der Waals surface area contributed by atoms with Crippen molar-refractivity contribution in [3.8, 4) is 11.5 Å². The van der Waals surface area contributed by atoms with Gasteiger partial charge in [0.15, 0.2) is 11.6 Å². The van der Waals surface area contributed by atoms with Gasteiger partial charge >= 0.3 is 5.97 Å². The summed E-state index contributed by atoms with van der Waals surface area (Å²) < 4.78 is 32.3. The number of carboxylic acids is 1. The van der Waals surface area contributed by atoms with Crippen LogP contribution in [0.25, 0.3) is 0 Å². The maximum absolute atomic E-state index is 13.6. The predicted molar refractivity (Wildman–Crippen MR) is 71.9 cm³/mol. The van der Waals surface area contributed by atoms with Crippen LogP contribution in [0, 0.1) is 11.6 Å². The number of anilines is 1. The molecule has 0 heterocycles. The van der Waals surface area contributed by atoms with Crippen LogP contribution in [-0.4, -0.2) is 11.1 Å². The standard InChI is InChI=1S/C13H8BrF2NO3/c14-6-3-9(15)12(16)11(4-6)20-10-5-7(17)1-2-8(10)13(18)19/h1-5H,17H2,(H,18,19). The number of ether oxygens (including phenoxy) is 1. The van der Waals surface area contributed by atoms with Crippen molar-refractivity contribution < 1.29 is 23.4 Å². The van der Waals surface area contributed by atoms with Gasteiger partial charge in [0.25, 0.3) is 0 Å². The van der Waals surface area contributed by atoms with Gasteiger partial charge in [-0.2, -0.15) is 4.39 Å². The summed E-state index contributed by atoms with van der Waals surface area (Å²) in [5.74, 6) is -4.21. The fourth-order valence-corrected chi connectivity index (χ4v) is 1.93. The molecule has 2 aromatic rings. The summed E-state index contributed by atoms with van der Waals surface area (Å²) in [6, 6.07) is 5.93. The van der Waals surface area contributed by atoms with Gasteiger partial charge in [0, 0.05) is 16.2 Å². The smallest absolute Gasteiger partial charge is 0.339 e. The third-order valence-corrected chi connectivity index (χ3v) is 2.87. The second-order valence-corrected chi connectivity index (χ2v) is 4.78. The topological polar surface area (TPSA) is 72.6 Å². The van der Waals surface area contributed by atoms with Gasteiger partial charge in [-0.05, 0) is 24.3 Å². The number of rotatable bonds is 3. The number of halogens is 3. The molecule has 0 fully saturated rings. The van der Waals surface area contributed by atoms with Gasteiger partial charge in [0.05, 0.1) is 0 Å². The van der Waals surface area contributed by atoms with E-state index in [-0.39, 0.29) is 21.5 Å². The molecule has 2 rings (SSSR count). The van der Waals surface area contributed by atoms with Gasteiger partial charge in [-0.3, -0.25) is 0 Å². The SMILES string of the molecule is Nc1ccc(C(=O)O)c(Oc2cc(Br)cc(F)c2F)c1. The second-order valence-electron chi connectivity index (χ2n) is 3.86. The monoisotopic (exact) mass is 343 g/mol. The van der Waals surface area contributed by atoms with Crippen molar-refractivity contribution in [2.24, 2.45) is 0 Å². The predicted octanol–water partition coefficient (Wildman–Crippen LogP) is 3.80. The zero-order valence-corrected chi connectivity index (χ0v) is 11.4. The van der Waals surface area contributed by atoms with Crippen LogP contribution in [-0.2, 0) is 0 Å². The van der Waals surface area contributed by atoms with E-state index in [1.165, 1.54) is 24.3 Å². The number of benzene rings is 2. The summed E-state index contributed by atoms with van der Waals surface area (Å²) in [4.78, 5) is 11.0. The molecule has 0 aliphatic rings. The van der Waals surface area contributed by atoms with E-state index in [0.717, 1.165) is 6.07 Å². The first-order chi connectivity index (χ1) is 9.38. The maximum Gasteiger partial charge on any atom is 0.339 e. The van der Waals surface area contributed by atoms with E-state index in [4.69, 9.17) is 15.6 Å². The van der Waals surface area contributed by atoms with Crippen LogP contribution in [0.15, 0.2) is 34.8 Å². The molecule has 2 aromatic carbocycles. The number of nitrogen functional groups attached to an aromatic ring is 1.